The van der Waals surface area contributed by atoms with Crippen molar-refractivity contribution < 1.29 is 9.59 Å². The molecule has 0 aliphatic carbocycles. The van der Waals surface area contributed by atoms with Crippen molar-refractivity contribution in [2.24, 2.45) is 0 Å². The van der Waals surface area contributed by atoms with Crippen molar-refractivity contribution in [1.82, 2.24) is 25.1 Å². The molecular weight excluding hydrogens is 326 g/mol. The third kappa shape index (κ3) is 2.71. The van der Waals surface area contributed by atoms with Crippen molar-refractivity contribution in [3.63, 3.8) is 0 Å². The van der Waals surface area contributed by atoms with E-state index in [0.717, 1.165) is 29.2 Å². The number of hydrogen-bond donors (Lipinski definition) is 2. The van der Waals surface area contributed by atoms with Gasteiger partial charge in [-0.3, -0.25) is 9.59 Å². The molecular formula is C16H19N5O2S. The summed E-state index contributed by atoms with van der Waals surface area (Å²) in [6.07, 6.45) is 2.51. The molecule has 2 aromatic rings. The number of aromatic amines is 1. The Kier molecular flexibility index (Phi) is 4.07. The van der Waals surface area contributed by atoms with E-state index in [1.807, 2.05) is 27.3 Å². The average molecular weight is 345 g/mol. The second-order valence-electron chi connectivity index (χ2n) is 6.00. The van der Waals surface area contributed by atoms with Gasteiger partial charge < -0.3 is 20.1 Å². The van der Waals surface area contributed by atoms with Crippen LogP contribution in [0.3, 0.4) is 0 Å². The minimum Gasteiger partial charge on any atom is -0.348 e. The molecule has 1 unspecified atom stereocenters. The van der Waals surface area contributed by atoms with Crippen LogP contribution in [-0.4, -0.2) is 64.3 Å². The minimum absolute atomic E-state index is 0.0475. The van der Waals surface area contributed by atoms with Crippen molar-refractivity contribution >= 4 is 23.2 Å². The Morgan fingerprint density at radius 1 is 1.21 bits per heavy atom. The van der Waals surface area contributed by atoms with Crippen molar-refractivity contribution in [1.29, 1.82) is 0 Å². The van der Waals surface area contributed by atoms with E-state index in [1.54, 1.807) is 6.33 Å². The van der Waals surface area contributed by atoms with Gasteiger partial charge in [0.05, 0.1) is 16.9 Å². The number of H-pyrrole nitrogens is 1. The van der Waals surface area contributed by atoms with Crippen molar-refractivity contribution in [2.45, 2.75) is 12.5 Å². The second kappa shape index (κ2) is 6.37. The lowest BCUT2D eigenvalue weighted by Crippen LogP contribution is -2.53. The Morgan fingerprint density at radius 2 is 2.00 bits per heavy atom. The maximum Gasteiger partial charge on any atom is 0.264 e. The quantitative estimate of drug-likeness (QED) is 0.837. The van der Waals surface area contributed by atoms with Gasteiger partial charge in [-0.15, -0.1) is 11.3 Å². The van der Waals surface area contributed by atoms with Gasteiger partial charge >= 0.3 is 0 Å². The number of nitrogens with one attached hydrogen (secondary N) is 2. The topological polar surface area (TPSA) is 81.3 Å². The molecule has 126 valence electrons. The molecule has 8 heteroatoms. The summed E-state index contributed by atoms with van der Waals surface area (Å²) in [7, 11) is 0. The molecule has 2 aliphatic rings. The molecule has 1 fully saturated rings. The minimum atomic E-state index is -0.375. The van der Waals surface area contributed by atoms with Gasteiger partial charge in [-0.2, -0.15) is 0 Å². The summed E-state index contributed by atoms with van der Waals surface area (Å²) in [6.45, 7) is 3.04. The zero-order chi connectivity index (χ0) is 16.5. The van der Waals surface area contributed by atoms with Crippen LogP contribution in [0.4, 0.5) is 0 Å². The number of carbonyl (C=O) groups is 2. The third-order valence-corrected chi connectivity index (χ3v) is 5.46. The molecule has 1 atom stereocenters. The van der Waals surface area contributed by atoms with E-state index in [-0.39, 0.29) is 17.9 Å². The Morgan fingerprint density at radius 3 is 2.75 bits per heavy atom. The Bertz CT molecular complexity index is 733. The van der Waals surface area contributed by atoms with Gasteiger partial charge in [0.2, 0.25) is 5.91 Å². The molecule has 0 bridgehead atoms. The smallest absolute Gasteiger partial charge is 0.264 e. The number of carbonyl (C=O) groups excluding carboxylic acids is 2. The van der Waals surface area contributed by atoms with E-state index in [4.69, 9.17) is 0 Å². The third-order valence-electron chi connectivity index (χ3n) is 4.61. The fraction of sp³-hybridized carbons (Fsp3) is 0.438. The number of imidazole rings is 1. The van der Waals surface area contributed by atoms with Gasteiger partial charge in [0.15, 0.2) is 0 Å². The predicted octanol–water partition coefficient (Wildman–Crippen LogP) is 0.643. The van der Waals surface area contributed by atoms with Crippen LogP contribution >= 0.6 is 11.3 Å². The molecule has 2 aliphatic heterocycles. The SMILES string of the molecule is O=C(c1cccs1)N1CCN(C(=O)C2NCCc3[nH]cnc32)CC1. The van der Waals surface area contributed by atoms with E-state index in [9.17, 15) is 9.59 Å². The standard InChI is InChI=1S/C16H19N5O2S/c22-15(12-2-1-9-24-12)20-5-7-21(8-6-20)16(23)14-13-11(3-4-17-14)18-10-19-13/h1-2,9-10,14,17H,3-8H2,(H,18,19). The highest BCUT2D eigenvalue weighted by molar-refractivity contribution is 7.12. The molecule has 0 spiro atoms. The molecule has 4 rings (SSSR count). The first-order chi connectivity index (χ1) is 11.7. The Hall–Kier alpha value is -2.19. The molecule has 2 N–H and O–H groups in total. The van der Waals surface area contributed by atoms with Crippen molar-refractivity contribution in [2.75, 3.05) is 32.7 Å². The van der Waals surface area contributed by atoms with Crippen LogP contribution in [0.15, 0.2) is 23.8 Å². The summed E-state index contributed by atoms with van der Waals surface area (Å²) >= 11 is 1.45. The molecule has 24 heavy (non-hydrogen) atoms. The molecule has 0 aromatic carbocycles. The lowest BCUT2D eigenvalue weighted by atomic mass is 10.0. The van der Waals surface area contributed by atoms with Gasteiger partial charge in [-0.05, 0) is 11.4 Å². The van der Waals surface area contributed by atoms with Gasteiger partial charge in [-0.1, -0.05) is 6.07 Å². The lowest BCUT2D eigenvalue weighted by molar-refractivity contribution is -0.135. The molecule has 2 amide bonds. The van der Waals surface area contributed by atoms with Gasteiger partial charge in [0.25, 0.3) is 5.91 Å². The van der Waals surface area contributed by atoms with Crippen LogP contribution < -0.4 is 5.32 Å². The summed E-state index contributed by atoms with van der Waals surface area (Å²) < 4.78 is 0. The molecule has 7 nitrogen and oxygen atoms in total. The summed E-state index contributed by atoms with van der Waals surface area (Å²) in [5, 5.41) is 5.17. The highest BCUT2D eigenvalue weighted by Crippen LogP contribution is 2.22. The number of thiophene rings is 1. The highest BCUT2D eigenvalue weighted by Gasteiger charge is 2.34. The zero-order valence-electron chi connectivity index (χ0n) is 13.2. The monoisotopic (exact) mass is 345 g/mol. The van der Waals surface area contributed by atoms with E-state index in [0.29, 0.717) is 26.2 Å². The summed E-state index contributed by atoms with van der Waals surface area (Å²) in [6, 6.07) is 3.35. The lowest BCUT2D eigenvalue weighted by Gasteiger charge is -2.36. The summed E-state index contributed by atoms with van der Waals surface area (Å²) in [5.41, 5.74) is 1.85. The predicted molar refractivity (Wildman–Crippen MR) is 89.8 cm³/mol. The largest absolute Gasteiger partial charge is 0.348 e. The molecule has 0 saturated carbocycles. The first-order valence-electron chi connectivity index (χ1n) is 8.11. The van der Waals surface area contributed by atoms with Gasteiger partial charge in [0.1, 0.15) is 6.04 Å². The number of amides is 2. The fourth-order valence-corrected chi connectivity index (χ4v) is 3.98. The number of nitrogens with zero attached hydrogens (tertiary/aromatic N) is 3. The van der Waals surface area contributed by atoms with Crippen LogP contribution in [0.25, 0.3) is 0 Å². The zero-order valence-corrected chi connectivity index (χ0v) is 14.0. The Balaban J connectivity index is 1.40. The van der Waals surface area contributed by atoms with Gasteiger partial charge in [0, 0.05) is 44.8 Å². The number of fused-ring (bicyclic) bond motifs is 1. The van der Waals surface area contributed by atoms with Gasteiger partial charge in [-0.25, -0.2) is 4.98 Å². The number of aromatic nitrogens is 2. The summed E-state index contributed by atoms with van der Waals surface area (Å²) in [4.78, 5) is 37.0. The fourth-order valence-electron chi connectivity index (χ4n) is 3.29. The second-order valence-corrected chi connectivity index (χ2v) is 6.95. The van der Waals surface area contributed by atoms with Crippen LogP contribution in [0.1, 0.15) is 27.1 Å². The van der Waals surface area contributed by atoms with E-state index in [1.165, 1.54) is 11.3 Å². The van der Waals surface area contributed by atoms with Crippen LogP contribution in [-0.2, 0) is 11.2 Å². The van der Waals surface area contributed by atoms with Crippen molar-refractivity contribution in [3.05, 3.63) is 40.1 Å². The van der Waals surface area contributed by atoms with Crippen LogP contribution in [0.5, 0.6) is 0 Å². The van der Waals surface area contributed by atoms with Crippen LogP contribution in [0, 0.1) is 0 Å². The molecule has 0 radical (unpaired) electrons. The van der Waals surface area contributed by atoms with E-state index < -0.39 is 0 Å². The number of hydrogen-bond acceptors (Lipinski definition) is 5. The first kappa shape index (κ1) is 15.3. The van der Waals surface area contributed by atoms with E-state index in [2.05, 4.69) is 15.3 Å². The molecule has 2 aromatic heterocycles. The number of rotatable bonds is 2. The first-order valence-corrected chi connectivity index (χ1v) is 8.99. The van der Waals surface area contributed by atoms with Crippen LogP contribution in [0.2, 0.25) is 0 Å². The van der Waals surface area contributed by atoms with E-state index >= 15 is 0 Å². The summed E-state index contributed by atoms with van der Waals surface area (Å²) in [5.74, 6) is 0.105. The van der Waals surface area contributed by atoms with Crippen molar-refractivity contribution in [3.8, 4) is 0 Å². The molecule has 4 heterocycles. The Labute approximate surface area is 143 Å². The number of piperazine rings is 1. The highest BCUT2D eigenvalue weighted by atomic mass is 32.1. The maximum absolute atomic E-state index is 12.8. The maximum atomic E-state index is 12.8. The molecule has 1 saturated heterocycles. The average Bonchev–Trinajstić information content (AvgIpc) is 3.31. The normalized spacial score (nSPS) is 20.8.